The highest BCUT2D eigenvalue weighted by molar-refractivity contribution is 6.11. The molecule has 3 aromatic heterocycles. The van der Waals surface area contributed by atoms with Crippen LogP contribution in [0.2, 0.25) is 0 Å². The number of hydrogen-bond donors (Lipinski definition) is 0. The summed E-state index contributed by atoms with van der Waals surface area (Å²) in [4.78, 5) is 0. The van der Waals surface area contributed by atoms with E-state index in [1.165, 1.54) is 0 Å². The predicted molar refractivity (Wildman–Crippen MR) is 200 cm³/mol. The summed E-state index contributed by atoms with van der Waals surface area (Å²) in [5, 5.41) is 13.4. The van der Waals surface area contributed by atoms with Gasteiger partial charge in [-0.05, 0) is 97.1 Å². The molecule has 0 aliphatic rings. The van der Waals surface area contributed by atoms with Crippen LogP contribution in [-0.2, 0) is 0 Å². The second-order valence-corrected chi connectivity index (χ2v) is 12.1. The molecule has 9 nitrogen and oxygen atoms in total. The Balaban J connectivity index is 1.22. The van der Waals surface area contributed by atoms with E-state index >= 15 is 0 Å². The van der Waals surface area contributed by atoms with Crippen molar-refractivity contribution in [2.75, 3.05) is 28.4 Å². The van der Waals surface area contributed by atoms with Gasteiger partial charge in [-0.1, -0.05) is 24.3 Å². The third-order valence-corrected chi connectivity index (χ3v) is 9.53. The molecule has 9 rings (SSSR count). The summed E-state index contributed by atoms with van der Waals surface area (Å²) in [6.45, 7) is 0. The molecule has 6 aromatic carbocycles. The van der Waals surface area contributed by atoms with E-state index in [2.05, 4.69) is 80.0 Å². The fourth-order valence-electron chi connectivity index (χ4n) is 7.13. The van der Waals surface area contributed by atoms with E-state index in [1.54, 1.807) is 28.4 Å². The maximum Gasteiger partial charge on any atom is 0.250 e. The van der Waals surface area contributed by atoms with Gasteiger partial charge in [0.2, 0.25) is 11.8 Å². The van der Waals surface area contributed by atoms with E-state index in [1.807, 2.05) is 60.7 Å². The summed E-state index contributed by atoms with van der Waals surface area (Å²) >= 11 is 0. The third-order valence-electron chi connectivity index (χ3n) is 9.53. The van der Waals surface area contributed by atoms with Crippen molar-refractivity contribution < 1.29 is 23.4 Å². The molecule has 3 heterocycles. The van der Waals surface area contributed by atoms with Gasteiger partial charge >= 0.3 is 0 Å². The van der Waals surface area contributed by atoms with Crippen LogP contribution >= 0.6 is 0 Å². The Morgan fingerprint density at radius 2 is 0.725 bits per heavy atom. The van der Waals surface area contributed by atoms with Gasteiger partial charge < -0.3 is 32.5 Å². The number of fused-ring (bicyclic) bond motifs is 6. The topological polar surface area (TPSA) is 85.7 Å². The molecule has 51 heavy (non-hydrogen) atoms. The Bertz CT molecular complexity index is 2460. The fourth-order valence-corrected chi connectivity index (χ4v) is 7.13. The maximum absolute atomic E-state index is 6.60. The van der Waals surface area contributed by atoms with Gasteiger partial charge in [0.15, 0.2) is 0 Å². The lowest BCUT2D eigenvalue weighted by molar-refractivity contribution is 0.415. The summed E-state index contributed by atoms with van der Waals surface area (Å²) in [7, 11) is 6.71. The molecule has 0 atom stereocenters. The van der Waals surface area contributed by atoms with Gasteiger partial charge in [-0.2, -0.15) is 0 Å². The first kappa shape index (κ1) is 30.3. The largest absolute Gasteiger partial charge is 0.497 e. The molecule has 0 unspecified atom stereocenters. The number of rotatable bonds is 8. The summed E-state index contributed by atoms with van der Waals surface area (Å²) in [6.07, 6.45) is 0. The number of benzene rings is 6. The van der Waals surface area contributed by atoms with Crippen LogP contribution in [0.25, 0.3) is 77.9 Å². The quantitative estimate of drug-likeness (QED) is 0.159. The van der Waals surface area contributed by atoms with Gasteiger partial charge in [0, 0.05) is 21.5 Å². The van der Waals surface area contributed by atoms with Crippen LogP contribution in [0, 0.1) is 0 Å². The number of aromatic nitrogens is 4. The summed E-state index contributed by atoms with van der Waals surface area (Å²) in [6, 6.07) is 40.6. The molecule has 0 bridgehead atoms. The summed E-state index contributed by atoms with van der Waals surface area (Å²) in [5.74, 6) is 3.92. The zero-order chi connectivity index (χ0) is 34.6. The van der Waals surface area contributed by atoms with Crippen molar-refractivity contribution in [3.63, 3.8) is 0 Å². The van der Waals surface area contributed by atoms with E-state index in [0.717, 1.165) is 89.1 Å². The lowest BCUT2D eigenvalue weighted by atomic mass is 10.1. The van der Waals surface area contributed by atoms with Crippen molar-refractivity contribution in [3.05, 3.63) is 121 Å². The lowest BCUT2D eigenvalue weighted by Gasteiger charge is -2.12. The highest BCUT2D eigenvalue weighted by Gasteiger charge is 2.22. The molecule has 0 saturated carbocycles. The molecule has 0 amide bonds. The Kier molecular flexibility index (Phi) is 7.13. The van der Waals surface area contributed by atoms with Crippen molar-refractivity contribution in [1.82, 2.24) is 19.3 Å². The summed E-state index contributed by atoms with van der Waals surface area (Å²) in [5.41, 5.74) is 7.45. The van der Waals surface area contributed by atoms with Gasteiger partial charge in [0.05, 0.1) is 73.0 Å². The minimum Gasteiger partial charge on any atom is -0.497 e. The van der Waals surface area contributed by atoms with Crippen molar-refractivity contribution >= 4 is 43.6 Å². The van der Waals surface area contributed by atoms with Gasteiger partial charge in [0.1, 0.15) is 23.0 Å². The first-order chi connectivity index (χ1) is 25.1. The van der Waals surface area contributed by atoms with Crippen LogP contribution < -0.4 is 18.9 Å². The Morgan fingerprint density at radius 1 is 0.412 bits per heavy atom. The number of nitrogens with zero attached hydrogens (tertiary/aromatic N) is 4. The molecule has 0 aliphatic heterocycles. The fraction of sp³-hybridized carbons (Fsp3) is 0.0952. The van der Waals surface area contributed by atoms with Crippen molar-refractivity contribution in [2.45, 2.75) is 0 Å². The molecule has 0 fully saturated rings. The average molecular weight is 673 g/mol. The van der Waals surface area contributed by atoms with Crippen molar-refractivity contribution in [2.24, 2.45) is 0 Å². The van der Waals surface area contributed by atoms with Crippen molar-refractivity contribution in [1.29, 1.82) is 0 Å². The molecule has 250 valence electrons. The van der Waals surface area contributed by atoms with Gasteiger partial charge in [0.25, 0.3) is 0 Å². The van der Waals surface area contributed by atoms with Crippen LogP contribution in [0.1, 0.15) is 0 Å². The van der Waals surface area contributed by atoms with Crippen LogP contribution in [0.5, 0.6) is 23.0 Å². The van der Waals surface area contributed by atoms with Gasteiger partial charge in [-0.15, -0.1) is 10.2 Å². The van der Waals surface area contributed by atoms with Crippen LogP contribution in [-0.4, -0.2) is 47.8 Å². The number of methoxy groups -OCH3 is 4. The van der Waals surface area contributed by atoms with Crippen molar-refractivity contribution in [3.8, 4) is 57.3 Å². The monoisotopic (exact) mass is 672 g/mol. The number of hydrogen-bond acceptors (Lipinski definition) is 7. The predicted octanol–water partition coefficient (Wildman–Crippen LogP) is 9.63. The molecule has 0 radical (unpaired) electrons. The SMILES string of the molecule is COc1ccc2c(c1)c1cc(OC)ccc1n2-c1ccccc1-c1nnc(-c2ccccc2-n2c3ccc(OC)cc3c3cc(OC)ccc32)o1. The highest BCUT2D eigenvalue weighted by atomic mass is 16.5. The molecule has 0 spiro atoms. The smallest absolute Gasteiger partial charge is 0.250 e. The molecule has 9 heteroatoms. The van der Waals surface area contributed by atoms with E-state index in [-0.39, 0.29) is 0 Å². The normalized spacial score (nSPS) is 11.5. The van der Waals surface area contributed by atoms with Gasteiger partial charge in [-0.25, -0.2) is 0 Å². The second-order valence-electron chi connectivity index (χ2n) is 12.1. The molecular weight excluding hydrogens is 640 g/mol. The van der Waals surface area contributed by atoms with E-state index in [4.69, 9.17) is 23.4 Å². The number of ether oxygens (including phenoxy) is 4. The molecule has 0 saturated heterocycles. The average Bonchev–Trinajstić information content (AvgIpc) is 3.89. The zero-order valence-corrected chi connectivity index (χ0v) is 28.4. The molecule has 0 N–H and O–H groups in total. The standard InChI is InChI=1S/C42H32N4O5/c1-47-25-13-17-37-31(21-25)32-22-26(48-2)14-18-38(32)45(37)35-11-7-5-9-29(35)41-43-44-42(51-41)30-10-6-8-12-36(30)46-39-19-15-27(49-3)23-33(39)34-24-28(50-4)16-20-40(34)46/h5-24H,1-4H3. The zero-order valence-electron chi connectivity index (χ0n) is 28.4. The first-order valence-electron chi connectivity index (χ1n) is 16.5. The van der Waals surface area contributed by atoms with E-state index in [0.29, 0.717) is 11.8 Å². The molecule has 9 aromatic rings. The summed E-state index contributed by atoms with van der Waals surface area (Å²) < 4.78 is 33.4. The Morgan fingerprint density at radius 3 is 1.04 bits per heavy atom. The minimum absolute atomic E-state index is 0.407. The third kappa shape index (κ3) is 4.77. The first-order valence-corrected chi connectivity index (χ1v) is 16.5. The lowest BCUT2D eigenvalue weighted by Crippen LogP contribution is -1.97. The van der Waals surface area contributed by atoms with Crippen LogP contribution in [0.3, 0.4) is 0 Å². The Labute approximate surface area is 292 Å². The highest BCUT2D eigenvalue weighted by Crippen LogP contribution is 2.41. The Hall–Kier alpha value is -6.74. The maximum atomic E-state index is 6.60. The second kappa shape index (κ2) is 12.0. The van der Waals surface area contributed by atoms with Crippen LogP contribution in [0.15, 0.2) is 126 Å². The molecular formula is C42H32N4O5. The van der Waals surface area contributed by atoms with E-state index < -0.39 is 0 Å². The number of para-hydroxylation sites is 2. The molecule has 0 aliphatic carbocycles. The van der Waals surface area contributed by atoms with Gasteiger partial charge in [-0.3, -0.25) is 0 Å². The van der Waals surface area contributed by atoms with E-state index in [9.17, 15) is 0 Å². The van der Waals surface area contributed by atoms with Crippen LogP contribution in [0.4, 0.5) is 0 Å². The minimum atomic E-state index is 0.407.